The van der Waals surface area contributed by atoms with Crippen LogP contribution in [-0.2, 0) is 25.1 Å². The molecule has 0 heterocycles. The SMILES string of the molecule is C=C(C)C(=O)OCC(O)COc1ccc(C(C)(C)c2ccc(C(C)(C)c3ccc(OCC(O)COC=CCC)c(C)c3)cc2)cc1C. The topological polar surface area (TPSA) is 94.5 Å². The van der Waals surface area contributed by atoms with Crippen molar-refractivity contribution in [3.8, 4) is 11.5 Å². The summed E-state index contributed by atoms with van der Waals surface area (Å²) in [7, 11) is 0. The molecular weight excluding hydrogens is 592 g/mol. The highest BCUT2D eigenvalue weighted by Gasteiger charge is 2.27. The molecule has 0 aliphatic carbocycles. The van der Waals surface area contributed by atoms with Crippen molar-refractivity contribution >= 4 is 5.97 Å². The van der Waals surface area contributed by atoms with Gasteiger partial charge in [-0.3, -0.25) is 0 Å². The maximum Gasteiger partial charge on any atom is 0.333 e. The van der Waals surface area contributed by atoms with Gasteiger partial charge in [0, 0.05) is 16.4 Å². The molecule has 0 aromatic heterocycles. The van der Waals surface area contributed by atoms with Crippen LogP contribution < -0.4 is 9.47 Å². The van der Waals surface area contributed by atoms with Crippen molar-refractivity contribution in [1.82, 2.24) is 0 Å². The summed E-state index contributed by atoms with van der Waals surface area (Å²) in [6, 6.07) is 21.1. The Bertz CT molecular complexity index is 1520. The summed E-state index contributed by atoms with van der Waals surface area (Å²) >= 11 is 0. The first-order valence-corrected chi connectivity index (χ1v) is 16.2. The van der Waals surface area contributed by atoms with Crippen LogP contribution in [0, 0.1) is 13.8 Å². The molecule has 0 radical (unpaired) electrons. The molecule has 47 heavy (non-hydrogen) atoms. The summed E-state index contributed by atoms with van der Waals surface area (Å²) in [5, 5.41) is 20.3. The van der Waals surface area contributed by atoms with E-state index in [2.05, 4.69) is 82.8 Å². The van der Waals surface area contributed by atoms with Crippen LogP contribution >= 0.6 is 0 Å². The molecule has 7 heteroatoms. The predicted octanol–water partition coefficient (Wildman–Crippen LogP) is 7.49. The van der Waals surface area contributed by atoms with Crippen molar-refractivity contribution in [1.29, 1.82) is 0 Å². The lowest BCUT2D eigenvalue weighted by Crippen LogP contribution is -2.25. The van der Waals surface area contributed by atoms with Crippen molar-refractivity contribution in [2.75, 3.05) is 26.4 Å². The largest absolute Gasteiger partial charge is 0.499 e. The van der Waals surface area contributed by atoms with Crippen molar-refractivity contribution in [3.63, 3.8) is 0 Å². The fourth-order valence-electron chi connectivity index (χ4n) is 5.13. The van der Waals surface area contributed by atoms with Gasteiger partial charge in [0.05, 0.1) is 6.26 Å². The van der Waals surface area contributed by atoms with E-state index in [9.17, 15) is 15.0 Å². The lowest BCUT2D eigenvalue weighted by Gasteiger charge is -2.30. The van der Waals surface area contributed by atoms with Gasteiger partial charge < -0.3 is 29.2 Å². The van der Waals surface area contributed by atoms with Gasteiger partial charge in [0.15, 0.2) is 0 Å². The molecule has 3 rings (SSSR count). The predicted molar refractivity (Wildman–Crippen MR) is 187 cm³/mol. The van der Waals surface area contributed by atoms with E-state index in [0.717, 1.165) is 28.9 Å². The van der Waals surface area contributed by atoms with Crippen LogP contribution in [0.4, 0.5) is 0 Å². The fraction of sp³-hybridized carbons (Fsp3) is 0.425. The number of carbonyl (C=O) groups is 1. The first-order valence-electron chi connectivity index (χ1n) is 16.2. The summed E-state index contributed by atoms with van der Waals surface area (Å²) in [5.74, 6) is 0.884. The van der Waals surface area contributed by atoms with E-state index in [1.165, 1.54) is 16.7 Å². The number of aryl methyl sites for hydroxylation is 2. The normalized spacial score (nSPS) is 13.2. The summed E-state index contributed by atoms with van der Waals surface area (Å²) in [6.45, 7) is 20.2. The highest BCUT2D eigenvalue weighted by Crippen LogP contribution is 2.38. The molecule has 0 saturated heterocycles. The van der Waals surface area contributed by atoms with Crippen molar-refractivity contribution in [2.24, 2.45) is 0 Å². The molecule has 0 saturated carbocycles. The van der Waals surface area contributed by atoms with Gasteiger partial charge in [0.25, 0.3) is 0 Å². The number of hydrogen-bond donors (Lipinski definition) is 2. The standard InChI is InChI=1S/C40H52O7/c1-10-11-20-44-23-34(41)24-45-36-18-16-32(21-28(36)4)39(6,7)30-12-14-31(15-13-30)40(8,9)33-17-19-37(29(5)22-33)46-25-35(42)26-47-38(43)27(2)3/h11-22,34-35,41-42H,2,10,23-26H2,1,3-9H3. The van der Waals surface area contributed by atoms with Gasteiger partial charge in [0.2, 0.25) is 0 Å². The first-order chi connectivity index (χ1) is 22.2. The lowest BCUT2D eigenvalue weighted by atomic mass is 9.74. The van der Waals surface area contributed by atoms with Gasteiger partial charge in [-0.2, -0.15) is 0 Å². The third-order valence-electron chi connectivity index (χ3n) is 8.46. The second kappa shape index (κ2) is 16.7. The van der Waals surface area contributed by atoms with Crippen LogP contribution in [0.3, 0.4) is 0 Å². The number of ether oxygens (including phenoxy) is 4. The molecule has 254 valence electrons. The Morgan fingerprint density at radius 3 is 1.57 bits per heavy atom. The number of carbonyl (C=O) groups excluding carboxylic acids is 1. The summed E-state index contributed by atoms with van der Waals surface area (Å²) < 4.78 is 22.1. The number of aliphatic hydroxyl groups is 2. The average Bonchev–Trinajstić information content (AvgIpc) is 3.04. The van der Waals surface area contributed by atoms with Crippen LogP contribution in [0.15, 0.2) is 85.2 Å². The molecule has 2 N–H and O–H groups in total. The van der Waals surface area contributed by atoms with Crippen molar-refractivity contribution in [2.45, 2.75) is 84.8 Å². The second-order valence-corrected chi connectivity index (χ2v) is 13.2. The lowest BCUT2D eigenvalue weighted by molar-refractivity contribution is -0.142. The zero-order valence-corrected chi connectivity index (χ0v) is 29.3. The van der Waals surface area contributed by atoms with Gasteiger partial charge in [-0.1, -0.05) is 95.8 Å². The minimum absolute atomic E-state index is 0.00925. The third-order valence-corrected chi connectivity index (χ3v) is 8.46. The second-order valence-electron chi connectivity index (χ2n) is 13.2. The molecule has 0 bridgehead atoms. The van der Waals surface area contributed by atoms with E-state index >= 15 is 0 Å². The van der Waals surface area contributed by atoms with Crippen LogP contribution in [-0.4, -0.2) is 54.8 Å². The van der Waals surface area contributed by atoms with E-state index in [4.69, 9.17) is 18.9 Å². The Balaban J connectivity index is 1.65. The number of hydrogen-bond acceptors (Lipinski definition) is 7. The molecular formula is C40H52O7. The van der Waals surface area contributed by atoms with Gasteiger partial charge >= 0.3 is 5.97 Å². The minimum Gasteiger partial charge on any atom is -0.499 e. The van der Waals surface area contributed by atoms with Crippen LogP contribution in [0.1, 0.15) is 81.3 Å². The number of esters is 1. The first kappa shape index (κ1) is 37.4. The Labute approximate surface area is 280 Å². The van der Waals surface area contributed by atoms with Gasteiger partial charge in [-0.05, 0) is 72.7 Å². The zero-order chi connectivity index (χ0) is 34.8. The molecule has 3 aromatic rings. The quantitative estimate of drug-likeness (QED) is 0.0893. The van der Waals surface area contributed by atoms with Gasteiger partial charge in [-0.25, -0.2) is 4.79 Å². The van der Waals surface area contributed by atoms with E-state index in [0.29, 0.717) is 5.75 Å². The molecule has 0 aliphatic heterocycles. The maximum absolute atomic E-state index is 11.6. The number of aliphatic hydroxyl groups excluding tert-OH is 2. The average molecular weight is 645 g/mol. The van der Waals surface area contributed by atoms with Gasteiger partial charge in [0.1, 0.15) is 50.1 Å². The Morgan fingerprint density at radius 1 is 0.745 bits per heavy atom. The van der Waals surface area contributed by atoms with Crippen molar-refractivity contribution < 1.29 is 34.0 Å². The van der Waals surface area contributed by atoms with Crippen molar-refractivity contribution in [3.05, 3.63) is 119 Å². The summed E-state index contributed by atoms with van der Waals surface area (Å²) in [5.41, 5.74) is 6.45. The molecule has 2 atom stereocenters. The molecule has 0 spiro atoms. The number of benzene rings is 3. The third kappa shape index (κ3) is 10.2. The number of rotatable bonds is 17. The molecule has 0 fully saturated rings. The van der Waals surface area contributed by atoms with Crippen LogP contribution in [0.2, 0.25) is 0 Å². The molecule has 3 aromatic carbocycles. The van der Waals surface area contributed by atoms with E-state index in [1.807, 2.05) is 39.0 Å². The van der Waals surface area contributed by atoms with E-state index in [1.54, 1.807) is 13.2 Å². The Morgan fingerprint density at radius 2 is 1.17 bits per heavy atom. The molecule has 2 unspecified atom stereocenters. The van der Waals surface area contributed by atoms with Gasteiger partial charge in [-0.15, -0.1) is 0 Å². The summed E-state index contributed by atoms with van der Waals surface area (Å²) in [6.07, 6.45) is 2.74. The van der Waals surface area contributed by atoms with E-state index < -0.39 is 18.2 Å². The molecule has 7 nitrogen and oxygen atoms in total. The van der Waals surface area contributed by atoms with Crippen LogP contribution in [0.5, 0.6) is 11.5 Å². The highest BCUT2D eigenvalue weighted by molar-refractivity contribution is 5.86. The minimum atomic E-state index is -0.940. The molecule has 0 amide bonds. The Hall–Kier alpha value is -4.07. The molecule has 0 aliphatic rings. The number of allylic oxidation sites excluding steroid dienone is 1. The Kier molecular flexibility index (Phi) is 13.3. The zero-order valence-electron chi connectivity index (χ0n) is 29.3. The maximum atomic E-state index is 11.6. The fourth-order valence-corrected chi connectivity index (χ4v) is 5.13. The highest BCUT2D eigenvalue weighted by atomic mass is 16.5. The van der Waals surface area contributed by atoms with E-state index in [-0.39, 0.29) is 42.8 Å². The smallest absolute Gasteiger partial charge is 0.333 e. The summed E-state index contributed by atoms with van der Waals surface area (Å²) in [4.78, 5) is 11.6. The van der Waals surface area contributed by atoms with Crippen LogP contribution in [0.25, 0.3) is 0 Å². The monoisotopic (exact) mass is 644 g/mol.